The van der Waals surface area contributed by atoms with Gasteiger partial charge in [0, 0.05) is 98.4 Å². The average Bonchev–Trinajstić information content (AvgIpc) is 1.81. The summed E-state index contributed by atoms with van der Waals surface area (Å²) in [4.78, 5) is 79.0. The van der Waals surface area contributed by atoms with Gasteiger partial charge in [-0.05, 0) is 102 Å². The number of hydrogen-bond acceptors (Lipinski definition) is 43. The van der Waals surface area contributed by atoms with Crippen molar-refractivity contribution in [3.8, 4) is 126 Å². The van der Waals surface area contributed by atoms with Gasteiger partial charge >= 0.3 is 34.1 Å². The SMILES string of the molecule is COc1c(-c2ncn(C)n2)cccc1[N+](=O)[O-].COc1c(-c2nn[nH]n2)cccc1[N+](=O)[O-].COc1c(-c2nn[nH]n2)cccc1[N+](=O)[O-].COc1c(-c2nnn(C)n2)cccc1[N+](=O)[O-].COc1c(-c2nnnn2C)cccc1[N+](=O)[O-].COc1c(C(N)=O)cccc1[N+](=O)[O-].COc1c(N)cccc1-c1nnn(C)n1.COc1c(N)cccc1-c1nnnn1C.[CH3-].[CH3-].[Pd].[Pd]. The number of para-hydroxylation sites is 8. The number of methoxy groups -OCH3 is 8. The van der Waals surface area contributed by atoms with Crippen LogP contribution >= 0.6 is 0 Å². The smallest absolute Gasteiger partial charge is 0.311 e. The molecule has 8 aromatic carbocycles. The number of nitrogens with one attached hydrogen (secondary N) is 2. The Morgan fingerprint density at radius 3 is 0.885 bits per heavy atom. The summed E-state index contributed by atoms with van der Waals surface area (Å²) < 4.78 is 44.9. The van der Waals surface area contributed by atoms with E-state index >= 15 is 0 Å². The second kappa shape index (κ2) is 50.5. The van der Waals surface area contributed by atoms with Crippen LogP contribution in [0.15, 0.2) is 152 Å². The van der Waals surface area contributed by atoms with Gasteiger partial charge in [-0.2, -0.15) is 25.1 Å². The van der Waals surface area contributed by atoms with Gasteiger partial charge in [0.2, 0.25) is 57.8 Å². The fraction of sp³-hybridized carbons (Fsp3) is 0.181. The maximum atomic E-state index is 10.9. The molecular formula is C72H78N36O21Pd2-2. The molecule has 694 valence electrons. The van der Waals surface area contributed by atoms with Crippen LogP contribution in [-0.4, -0.2) is 229 Å². The van der Waals surface area contributed by atoms with Crippen LogP contribution in [-0.2, 0) is 76.1 Å². The number of aromatic amines is 2. The number of nitro groups is 6. The summed E-state index contributed by atoms with van der Waals surface area (Å²) in [7, 11) is 19.6. The van der Waals surface area contributed by atoms with Crippen molar-refractivity contribution in [1.82, 2.24) is 137 Å². The predicted molar refractivity (Wildman–Crippen MR) is 452 cm³/mol. The van der Waals surface area contributed by atoms with Crippen molar-refractivity contribution in [2.24, 2.45) is 41.0 Å². The quantitative estimate of drug-likeness (QED) is 0.0149. The van der Waals surface area contributed by atoms with E-state index in [1.807, 2.05) is 24.3 Å². The van der Waals surface area contributed by atoms with E-state index in [-0.39, 0.29) is 147 Å². The number of primary amides is 1. The maximum absolute atomic E-state index is 10.9. The van der Waals surface area contributed by atoms with Gasteiger partial charge < -0.3 is 69.9 Å². The number of tetrazole rings is 6. The standard InChI is InChI=1S/C10H10N4O3.2C9H9N5O3.2C9H11N5O.2C8H7N5O3.C8H8N2O4.2CH3.2Pd/c1-13-6-11-10(12-13)7-4-3-5-8(14(15)16)9(7)17-2;1-13-9(10-11-12-13)6-4-3-5-7(14(15)16)8(6)17-2;1-13-11-9(10-12-13)6-4-3-5-7(14(15)16)8(6)17-2;1-14-9(11-12-13-14)6-4-3-5-7(10)8(6)15-2;1-14-12-9(11-13-14)6-4-3-5-7(10)8(6)15-2;2*1-16-7-5(8-9-11-12-10-8)3-2-4-6(7)13(14)15;1-14-7-5(8(9)11)3-2-4-6(7)10(12)13;;;;/h3-6H,1-2H3;2*3-5H,1-2H3;2*3-5H,10H2,1-2H3;2*2-4H,1H3,(H,9,10,11,12);2-4H,1H3,(H2,9,11);2*1H3;;/q;;;;;;;;2*-1;;. The fourth-order valence-corrected chi connectivity index (χ4v) is 11.0. The zero-order chi connectivity index (χ0) is 92.7. The Kier molecular flexibility index (Phi) is 40.8. The second-order valence-corrected chi connectivity index (χ2v) is 24.1. The number of carbonyl (C=O) groups is 1. The molecule has 0 radical (unpaired) electrons. The third-order valence-electron chi connectivity index (χ3n) is 16.4. The minimum atomic E-state index is -0.759. The zero-order valence-electron chi connectivity index (χ0n) is 71.2. The van der Waals surface area contributed by atoms with Crippen molar-refractivity contribution >= 4 is 51.4 Å². The van der Waals surface area contributed by atoms with E-state index in [0.29, 0.717) is 74.0 Å². The Morgan fingerprint density at radius 2 is 0.618 bits per heavy atom. The molecule has 0 saturated heterocycles. The molecule has 131 heavy (non-hydrogen) atoms. The monoisotopic (exact) mass is 1990 g/mol. The van der Waals surface area contributed by atoms with Gasteiger partial charge in [0.25, 0.3) is 5.91 Å². The van der Waals surface area contributed by atoms with Gasteiger partial charge in [-0.25, -0.2) is 14.3 Å². The van der Waals surface area contributed by atoms with Crippen molar-refractivity contribution < 1.29 is 113 Å². The van der Waals surface area contributed by atoms with Crippen LogP contribution in [0.1, 0.15) is 10.4 Å². The van der Waals surface area contributed by atoms with Crippen LogP contribution in [0.4, 0.5) is 45.5 Å². The number of H-pyrrole nitrogens is 2. The van der Waals surface area contributed by atoms with Gasteiger partial charge in [-0.15, -0.1) is 51.0 Å². The number of rotatable bonds is 22. The normalized spacial score (nSPS) is 9.81. The summed E-state index contributed by atoms with van der Waals surface area (Å²) in [5, 5.41) is 140. The van der Waals surface area contributed by atoms with Crippen LogP contribution in [0.2, 0.25) is 0 Å². The number of aromatic nitrogens is 27. The first-order valence-electron chi connectivity index (χ1n) is 35.2. The van der Waals surface area contributed by atoms with Crippen LogP contribution in [0, 0.1) is 75.5 Å². The number of carbonyl (C=O) groups excluding carboxylic acids is 1. The van der Waals surface area contributed by atoms with Crippen LogP contribution in [0.3, 0.4) is 0 Å². The van der Waals surface area contributed by atoms with E-state index in [1.165, 1.54) is 129 Å². The number of anilines is 2. The van der Waals surface area contributed by atoms with Crippen molar-refractivity contribution in [2.75, 3.05) is 68.3 Å². The molecule has 0 spiro atoms. The number of nitrogens with zero attached hydrogens (tertiary/aromatic N) is 31. The summed E-state index contributed by atoms with van der Waals surface area (Å²) in [5.74, 6) is 3.71. The summed E-state index contributed by atoms with van der Waals surface area (Å²) in [5.41, 5.74) is 20.6. The molecule has 59 heteroatoms. The predicted octanol–water partition coefficient (Wildman–Crippen LogP) is 7.09. The van der Waals surface area contributed by atoms with E-state index < -0.39 is 35.4 Å². The first kappa shape index (κ1) is 106. The molecule has 0 saturated carbocycles. The van der Waals surface area contributed by atoms with Crippen LogP contribution in [0.25, 0.3) is 79.7 Å². The van der Waals surface area contributed by atoms with Crippen molar-refractivity contribution in [1.29, 1.82) is 0 Å². The molecule has 7 heterocycles. The molecule has 0 aliphatic carbocycles. The van der Waals surface area contributed by atoms with Gasteiger partial charge in [0.1, 0.15) is 6.33 Å². The Bertz CT molecular complexity index is 6100. The Balaban J connectivity index is 0.000000312. The van der Waals surface area contributed by atoms with Crippen molar-refractivity contribution in [3.63, 3.8) is 0 Å². The summed E-state index contributed by atoms with van der Waals surface area (Å²) >= 11 is 0. The number of nitrogens with two attached hydrogens (primary N) is 3. The fourth-order valence-electron chi connectivity index (χ4n) is 11.0. The summed E-state index contributed by atoms with van der Waals surface area (Å²) in [6.07, 6.45) is 1.52. The van der Waals surface area contributed by atoms with E-state index in [4.69, 9.17) is 55.1 Å². The molecule has 15 rings (SSSR count). The number of amides is 1. The molecule has 0 atom stereocenters. The van der Waals surface area contributed by atoms with E-state index in [9.17, 15) is 65.5 Å². The minimum absolute atomic E-state index is 0. The number of nitrogen functional groups attached to an aromatic ring is 2. The molecule has 0 aliphatic rings. The molecule has 1 amide bonds. The number of aryl methyl sites for hydroxylation is 5. The maximum Gasteiger partial charge on any atom is 0.311 e. The number of ether oxygens (including phenoxy) is 8. The number of hydrogen-bond donors (Lipinski definition) is 5. The number of benzene rings is 8. The topological polar surface area (TPSA) is 742 Å². The largest absolute Gasteiger partial charge is 0.494 e. The molecule has 15 aromatic rings. The molecule has 57 nitrogen and oxygen atoms in total. The molecule has 0 fully saturated rings. The van der Waals surface area contributed by atoms with E-state index in [0.717, 1.165) is 11.1 Å². The Labute approximate surface area is 765 Å². The molecule has 0 aliphatic heterocycles. The molecular weight excluding hydrogens is 1920 g/mol. The Morgan fingerprint density at radius 1 is 0.344 bits per heavy atom. The second-order valence-electron chi connectivity index (χ2n) is 24.1. The summed E-state index contributed by atoms with van der Waals surface area (Å²) in [6.45, 7) is 0. The van der Waals surface area contributed by atoms with Gasteiger partial charge in [0.05, 0.1) is 156 Å². The third-order valence-corrected chi connectivity index (χ3v) is 16.4. The molecule has 8 N–H and O–H groups in total. The number of nitro benzene ring substituents is 6. The van der Waals surface area contributed by atoms with Gasteiger partial charge in [0.15, 0.2) is 29.0 Å². The molecule has 7 aromatic heterocycles. The van der Waals surface area contributed by atoms with Gasteiger partial charge in [-0.3, -0.25) is 70.2 Å². The van der Waals surface area contributed by atoms with Crippen LogP contribution in [0.5, 0.6) is 46.0 Å². The zero-order valence-corrected chi connectivity index (χ0v) is 74.3. The Hall–Kier alpha value is -17.5. The molecule has 0 bridgehead atoms. The van der Waals surface area contributed by atoms with Gasteiger partial charge in [-0.1, -0.05) is 48.5 Å². The third kappa shape index (κ3) is 26.5. The average molecular weight is 2000 g/mol. The first-order valence-corrected chi connectivity index (χ1v) is 35.2. The minimum Gasteiger partial charge on any atom is -0.494 e. The summed E-state index contributed by atoms with van der Waals surface area (Å²) in [6, 6.07) is 37.7. The van der Waals surface area contributed by atoms with E-state index in [2.05, 4.69) is 113 Å². The van der Waals surface area contributed by atoms with Crippen molar-refractivity contribution in [3.05, 3.63) is 233 Å². The van der Waals surface area contributed by atoms with Crippen LogP contribution < -0.4 is 55.1 Å². The first-order chi connectivity index (χ1) is 60.9. The van der Waals surface area contributed by atoms with E-state index in [1.54, 1.807) is 115 Å². The molecule has 0 unspecified atom stereocenters. The van der Waals surface area contributed by atoms with Crippen molar-refractivity contribution in [2.45, 2.75) is 0 Å².